The van der Waals surface area contributed by atoms with Crippen LogP contribution in [-0.2, 0) is 6.54 Å². The number of nitrogens with zero attached hydrogens (tertiary/aromatic N) is 3. The van der Waals surface area contributed by atoms with Crippen molar-refractivity contribution in [3.8, 4) is 6.07 Å². The zero-order valence-corrected chi connectivity index (χ0v) is 15.6. The highest BCUT2D eigenvalue weighted by Gasteiger charge is 2.12. The molecule has 29 heavy (non-hydrogen) atoms. The van der Waals surface area contributed by atoms with Crippen molar-refractivity contribution in [3.05, 3.63) is 93.8 Å². The van der Waals surface area contributed by atoms with Crippen molar-refractivity contribution in [2.45, 2.75) is 13.5 Å². The van der Waals surface area contributed by atoms with Gasteiger partial charge >= 0.3 is 0 Å². The van der Waals surface area contributed by atoms with E-state index in [0.29, 0.717) is 17.8 Å². The van der Waals surface area contributed by atoms with Gasteiger partial charge in [-0.1, -0.05) is 29.8 Å². The maximum Gasteiger partial charge on any atom is 0.274 e. The van der Waals surface area contributed by atoms with Gasteiger partial charge in [0.05, 0.1) is 11.9 Å². The molecule has 0 aliphatic rings. The lowest BCUT2D eigenvalue weighted by molar-refractivity contribution is 0.102. The van der Waals surface area contributed by atoms with Crippen molar-refractivity contribution in [1.29, 1.82) is 5.26 Å². The van der Waals surface area contributed by atoms with E-state index in [1.54, 1.807) is 12.1 Å². The fourth-order valence-electron chi connectivity index (χ4n) is 3.17. The zero-order chi connectivity index (χ0) is 20.4. The van der Waals surface area contributed by atoms with Gasteiger partial charge in [0, 0.05) is 35.4 Å². The smallest absolute Gasteiger partial charge is 0.274 e. The van der Waals surface area contributed by atoms with Crippen molar-refractivity contribution in [2.24, 2.45) is 0 Å². The van der Waals surface area contributed by atoms with Crippen molar-refractivity contribution >= 4 is 22.5 Å². The van der Waals surface area contributed by atoms with E-state index >= 15 is 0 Å². The summed E-state index contributed by atoms with van der Waals surface area (Å²) in [4.78, 5) is 29.9. The Morgan fingerprint density at radius 3 is 2.72 bits per heavy atom. The third-order valence-corrected chi connectivity index (χ3v) is 4.64. The van der Waals surface area contributed by atoms with Gasteiger partial charge in [-0.05, 0) is 30.7 Å². The topological polar surface area (TPSA) is 104 Å². The molecule has 0 atom stereocenters. The fourth-order valence-corrected chi connectivity index (χ4v) is 3.17. The van der Waals surface area contributed by atoms with Gasteiger partial charge in [0.1, 0.15) is 11.8 Å². The van der Waals surface area contributed by atoms with Crippen LogP contribution in [0, 0.1) is 18.3 Å². The molecule has 4 aromatic rings. The van der Waals surface area contributed by atoms with Crippen LogP contribution < -0.4 is 10.9 Å². The number of aryl methyl sites for hydroxylation is 1. The number of hydrogen-bond acceptors (Lipinski definition) is 4. The molecular weight excluding hydrogens is 366 g/mol. The molecule has 2 aromatic carbocycles. The number of nitriles is 1. The van der Waals surface area contributed by atoms with Crippen LogP contribution in [-0.4, -0.2) is 20.4 Å². The van der Waals surface area contributed by atoms with Crippen LogP contribution in [0.1, 0.15) is 27.2 Å². The van der Waals surface area contributed by atoms with E-state index in [2.05, 4.69) is 45.6 Å². The minimum Gasteiger partial charge on any atom is -0.342 e. The Kier molecular flexibility index (Phi) is 4.67. The number of benzene rings is 2. The predicted molar refractivity (Wildman–Crippen MR) is 110 cm³/mol. The lowest BCUT2D eigenvalue weighted by atomic mass is 10.1. The lowest BCUT2D eigenvalue weighted by Gasteiger charge is -2.08. The van der Waals surface area contributed by atoms with Crippen molar-refractivity contribution in [2.75, 3.05) is 5.32 Å². The van der Waals surface area contributed by atoms with E-state index < -0.39 is 11.5 Å². The molecule has 2 aromatic heterocycles. The maximum atomic E-state index is 12.3. The second-order valence-corrected chi connectivity index (χ2v) is 6.75. The largest absolute Gasteiger partial charge is 0.342 e. The standard InChI is InChI=1S/C22H17N5O2/c1-14-2-4-15(5-3-14)11-27-12-16(10-23)18-8-17(6-7-20(18)27)26-22(29)19-9-21(28)25-13-24-19/h2-9,12-13H,11H2,1H3,(H,26,29)(H,24,25,28). The van der Waals surface area contributed by atoms with Gasteiger partial charge in [-0.3, -0.25) is 9.59 Å². The number of aromatic nitrogens is 3. The monoisotopic (exact) mass is 383 g/mol. The Morgan fingerprint density at radius 2 is 2.00 bits per heavy atom. The van der Waals surface area contributed by atoms with Crippen LogP contribution in [0.3, 0.4) is 0 Å². The average molecular weight is 383 g/mol. The second kappa shape index (κ2) is 7.44. The number of aromatic amines is 1. The molecule has 7 heteroatoms. The molecule has 7 nitrogen and oxygen atoms in total. The molecule has 4 rings (SSSR count). The third kappa shape index (κ3) is 3.77. The summed E-state index contributed by atoms with van der Waals surface area (Å²) in [6.45, 7) is 2.68. The fraction of sp³-hybridized carbons (Fsp3) is 0.0909. The number of amides is 1. The number of hydrogen-bond donors (Lipinski definition) is 2. The molecule has 2 N–H and O–H groups in total. The van der Waals surface area contributed by atoms with Gasteiger partial charge in [0.15, 0.2) is 0 Å². The van der Waals surface area contributed by atoms with Gasteiger partial charge in [-0.2, -0.15) is 5.26 Å². The highest BCUT2D eigenvalue weighted by molar-refractivity contribution is 6.04. The molecule has 0 fully saturated rings. The molecule has 0 aliphatic heterocycles. The lowest BCUT2D eigenvalue weighted by Crippen LogP contribution is -2.17. The Morgan fingerprint density at radius 1 is 1.21 bits per heavy atom. The predicted octanol–water partition coefficient (Wildman–Crippen LogP) is 3.21. The van der Waals surface area contributed by atoms with Crippen molar-refractivity contribution < 1.29 is 4.79 Å². The van der Waals surface area contributed by atoms with Crippen molar-refractivity contribution in [1.82, 2.24) is 14.5 Å². The first kappa shape index (κ1) is 18.2. The van der Waals surface area contributed by atoms with Crippen LogP contribution in [0.25, 0.3) is 10.9 Å². The van der Waals surface area contributed by atoms with Gasteiger partial charge in [0.25, 0.3) is 11.5 Å². The third-order valence-electron chi connectivity index (χ3n) is 4.64. The maximum absolute atomic E-state index is 12.3. The first-order valence-corrected chi connectivity index (χ1v) is 8.98. The van der Waals surface area contributed by atoms with Crippen molar-refractivity contribution in [3.63, 3.8) is 0 Å². The van der Waals surface area contributed by atoms with Gasteiger partial charge in [-0.25, -0.2) is 4.98 Å². The summed E-state index contributed by atoms with van der Waals surface area (Å²) in [6.07, 6.45) is 2.99. The Hall–Kier alpha value is -4.18. The van der Waals surface area contributed by atoms with E-state index in [1.165, 1.54) is 11.9 Å². The van der Waals surface area contributed by atoms with Crippen LogP contribution in [0.5, 0.6) is 0 Å². The van der Waals surface area contributed by atoms with E-state index in [9.17, 15) is 14.9 Å². The minimum absolute atomic E-state index is 0.0197. The van der Waals surface area contributed by atoms with E-state index in [0.717, 1.165) is 22.5 Å². The quantitative estimate of drug-likeness (QED) is 0.565. The zero-order valence-electron chi connectivity index (χ0n) is 15.6. The van der Waals surface area contributed by atoms with Crippen LogP contribution in [0.4, 0.5) is 5.69 Å². The average Bonchev–Trinajstić information content (AvgIpc) is 3.06. The molecule has 0 radical (unpaired) electrons. The van der Waals surface area contributed by atoms with E-state index in [1.807, 2.05) is 23.8 Å². The second-order valence-electron chi connectivity index (χ2n) is 6.75. The first-order valence-electron chi connectivity index (χ1n) is 8.98. The summed E-state index contributed by atoms with van der Waals surface area (Å²) >= 11 is 0. The summed E-state index contributed by atoms with van der Waals surface area (Å²) < 4.78 is 2.02. The number of carbonyl (C=O) groups excluding carboxylic acids is 1. The Balaban J connectivity index is 1.65. The molecule has 0 aliphatic carbocycles. The number of nitrogens with one attached hydrogen (secondary N) is 2. The molecule has 0 bridgehead atoms. The molecule has 0 saturated carbocycles. The normalized spacial score (nSPS) is 10.6. The number of fused-ring (bicyclic) bond motifs is 1. The summed E-state index contributed by atoms with van der Waals surface area (Å²) in [5, 5.41) is 13.0. The number of anilines is 1. The highest BCUT2D eigenvalue weighted by atomic mass is 16.2. The van der Waals surface area contributed by atoms with Crippen LogP contribution >= 0.6 is 0 Å². The molecule has 0 unspecified atom stereocenters. The molecule has 2 heterocycles. The highest BCUT2D eigenvalue weighted by Crippen LogP contribution is 2.26. The van der Waals surface area contributed by atoms with Crippen LogP contribution in [0.15, 0.2) is 65.8 Å². The molecule has 0 spiro atoms. The summed E-state index contributed by atoms with van der Waals surface area (Å²) in [5.74, 6) is -0.493. The Bertz CT molecular complexity index is 1310. The number of H-pyrrole nitrogens is 1. The van der Waals surface area contributed by atoms with Gasteiger partial charge in [0.2, 0.25) is 0 Å². The number of carbonyl (C=O) groups is 1. The molecule has 0 saturated heterocycles. The summed E-state index contributed by atoms with van der Waals surface area (Å²) in [5.41, 5.74) is 3.89. The van der Waals surface area contributed by atoms with E-state index in [-0.39, 0.29) is 5.69 Å². The molecule has 1 amide bonds. The van der Waals surface area contributed by atoms with Gasteiger partial charge in [-0.15, -0.1) is 0 Å². The minimum atomic E-state index is -0.493. The number of rotatable bonds is 4. The Labute approximate surface area is 166 Å². The summed E-state index contributed by atoms with van der Waals surface area (Å²) in [6, 6.07) is 17.0. The van der Waals surface area contributed by atoms with E-state index in [4.69, 9.17) is 0 Å². The first-order chi connectivity index (χ1) is 14.0. The summed E-state index contributed by atoms with van der Waals surface area (Å²) in [7, 11) is 0. The van der Waals surface area contributed by atoms with Gasteiger partial charge < -0.3 is 14.9 Å². The molecule has 142 valence electrons. The SMILES string of the molecule is Cc1ccc(Cn2cc(C#N)c3cc(NC(=O)c4cc(=O)[nH]cn4)ccc32)cc1. The van der Waals surface area contributed by atoms with Crippen LogP contribution in [0.2, 0.25) is 0 Å². The molecular formula is C22H17N5O2.